The molecule has 16 aromatic rings. The Morgan fingerprint density at radius 1 is 0.190 bits per heavy atom. The van der Waals surface area contributed by atoms with Crippen molar-refractivity contribution in [3.63, 3.8) is 0 Å². The smallest absolute Gasteiger partial charge is 0.160 e. The van der Waals surface area contributed by atoms with Crippen LogP contribution >= 0.6 is 0 Å². The van der Waals surface area contributed by atoms with E-state index in [2.05, 4.69) is 277 Å². The van der Waals surface area contributed by atoms with E-state index < -0.39 is 0 Å². The molecule has 0 spiro atoms. The lowest BCUT2D eigenvalue weighted by atomic mass is 9.94. The van der Waals surface area contributed by atoms with Gasteiger partial charge in [-0.3, -0.25) is 9.97 Å². The van der Waals surface area contributed by atoms with E-state index in [1.807, 2.05) is 24.5 Å². The summed E-state index contributed by atoms with van der Waals surface area (Å²) in [4.78, 5) is 30.5. The van der Waals surface area contributed by atoms with Crippen molar-refractivity contribution < 1.29 is 0 Å². The first kappa shape index (κ1) is 48.6. The molecule has 390 valence electrons. The summed E-state index contributed by atoms with van der Waals surface area (Å²) >= 11 is 0. The summed E-state index contributed by atoms with van der Waals surface area (Å²) in [6.45, 7) is 0. The number of nitrogens with zero attached hydrogens (tertiary/aromatic N) is 6. The normalized spacial score (nSPS) is 11.6. The van der Waals surface area contributed by atoms with Crippen LogP contribution in [0.2, 0.25) is 0 Å². The van der Waals surface area contributed by atoms with Crippen LogP contribution in [0.25, 0.3) is 166 Å². The molecule has 0 saturated heterocycles. The Bertz CT molecular complexity index is 4900. The van der Waals surface area contributed by atoms with Crippen LogP contribution in [-0.4, -0.2) is 29.9 Å². The zero-order valence-corrected chi connectivity index (χ0v) is 45.4. The third kappa shape index (κ3) is 8.87. The van der Waals surface area contributed by atoms with Crippen LogP contribution in [0.3, 0.4) is 0 Å². The minimum atomic E-state index is 0.653. The molecule has 0 radical (unpaired) electrons. The van der Waals surface area contributed by atoms with Gasteiger partial charge in [-0.25, -0.2) is 19.9 Å². The molecule has 4 aromatic heterocycles. The Morgan fingerprint density at radius 2 is 0.500 bits per heavy atom. The maximum atomic E-state index is 5.38. The molecule has 0 amide bonds. The lowest BCUT2D eigenvalue weighted by Gasteiger charge is -2.14. The fraction of sp³-hybridized carbons (Fsp3) is 0. The van der Waals surface area contributed by atoms with E-state index >= 15 is 0 Å². The molecule has 0 atom stereocenters. The Hall–Kier alpha value is -11.3. The summed E-state index contributed by atoms with van der Waals surface area (Å²) < 4.78 is 0. The Kier molecular flexibility index (Phi) is 11.8. The summed E-state index contributed by atoms with van der Waals surface area (Å²) in [6.07, 6.45) is 3.67. The van der Waals surface area contributed by atoms with Crippen LogP contribution in [0.1, 0.15) is 0 Å². The van der Waals surface area contributed by atoms with Gasteiger partial charge in [0.05, 0.1) is 33.8 Å². The van der Waals surface area contributed by atoms with Crippen molar-refractivity contribution in [2.24, 2.45) is 0 Å². The quantitative estimate of drug-likeness (QED) is 0.134. The van der Waals surface area contributed by atoms with Gasteiger partial charge in [0, 0.05) is 56.5 Å². The summed E-state index contributed by atoms with van der Waals surface area (Å²) in [6, 6.07) is 98.9. The largest absolute Gasteiger partial charge is 0.256 e. The molecule has 4 heterocycles. The molecule has 0 fully saturated rings. The highest BCUT2D eigenvalue weighted by atomic mass is 14.9. The van der Waals surface area contributed by atoms with Crippen LogP contribution in [-0.2, 0) is 0 Å². The molecule has 16 rings (SSSR count). The Balaban J connectivity index is 0.758. The first-order valence-electron chi connectivity index (χ1n) is 28.3. The molecule has 0 saturated carbocycles. The predicted molar refractivity (Wildman–Crippen MR) is 347 cm³/mol. The number of rotatable bonds is 9. The third-order valence-electron chi connectivity index (χ3n) is 16.4. The third-order valence-corrected chi connectivity index (χ3v) is 16.4. The Labute approximate surface area is 484 Å². The predicted octanol–water partition coefficient (Wildman–Crippen LogP) is 20.0. The van der Waals surface area contributed by atoms with Gasteiger partial charge in [-0.05, 0) is 137 Å². The second-order valence-electron chi connectivity index (χ2n) is 21.4. The molecule has 84 heavy (non-hydrogen) atoms. The zero-order chi connectivity index (χ0) is 55.5. The van der Waals surface area contributed by atoms with Crippen molar-refractivity contribution >= 4 is 64.9 Å². The minimum absolute atomic E-state index is 0.653. The Morgan fingerprint density at radius 3 is 0.917 bits per heavy atom. The molecule has 12 aromatic carbocycles. The number of hydrogen-bond acceptors (Lipinski definition) is 6. The molecule has 0 aliphatic heterocycles. The van der Waals surface area contributed by atoms with Crippen LogP contribution in [0.5, 0.6) is 0 Å². The molecule has 6 nitrogen and oxygen atoms in total. The minimum Gasteiger partial charge on any atom is -0.256 e. The average molecular weight is 1070 g/mol. The van der Waals surface area contributed by atoms with E-state index in [0.717, 1.165) is 133 Å². The van der Waals surface area contributed by atoms with Gasteiger partial charge in [-0.2, -0.15) is 0 Å². The van der Waals surface area contributed by atoms with E-state index in [4.69, 9.17) is 19.9 Å². The highest BCUT2D eigenvalue weighted by molar-refractivity contribution is 6.15. The monoisotopic (exact) mass is 1070 g/mol. The molecule has 6 heteroatoms. The summed E-state index contributed by atoms with van der Waals surface area (Å²) in [7, 11) is 0. The number of aromatic nitrogens is 6. The summed E-state index contributed by atoms with van der Waals surface area (Å²) in [5, 5.41) is 11.7. The van der Waals surface area contributed by atoms with Gasteiger partial charge in [0.15, 0.2) is 11.6 Å². The fourth-order valence-corrected chi connectivity index (χ4v) is 12.1. The van der Waals surface area contributed by atoms with Gasteiger partial charge in [0.1, 0.15) is 0 Å². The molecule has 0 bridgehead atoms. The van der Waals surface area contributed by atoms with Gasteiger partial charge in [-0.1, -0.05) is 218 Å². The van der Waals surface area contributed by atoms with Crippen molar-refractivity contribution in [2.45, 2.75) is 0 Å². The molecule has 0 aliphatic carbocycles. The van der Waals surface area contributed by atoms with Crippen LogP contribution in [0.4, 0.5) is 0 Å². The van der Waals surface area contributed by atoms with Gasteiger partial charge in [-0.15, -0.1) is 0 Å². The van der Waals surface area contributed by atoms with Gasteiger partial charge < -0.3 is 0 Å². The average Bonchev–Trinajstić information content (AvgIpc) is 3.35. The molecular weight excluding hydrogens is 1020 g/mol. The van der Waals surface area contributed by atoms with Crippen LogP contribution < -0.4 is 0 Å². The lowest BCUT2D eigenvalue weighted by molar-refractivity contribution is 1.18. The molecule has 0 unspecified atom stereocenters. The zero-order valence-electron chi connectivity index (χ0n) is 45.4. The van der Waals surface area contributed by atoms with E-state index in [9.17, 15) is 0 Å². The van der Waals surface area contributed by atoms with Crippen molar-refractivity contribution in [3.8, 4) is 101 Å². The number of pyridine rings is 2. The lowest BCUT2D eigenvalue weighted by Crippen LogP contribution is -1.97. The van der Waals surface area contributed by atoms with Crippen LogP contribution in [0.15, 0.2) is 291 Å². The van der Waals surface area contributed by atoms with E-state index in [1.165, 1.54) is 21.5 Å². The van der Waals surface area contributed by atoms with E-state index in [0.29, 0.717) is 11.6 Å². The molecule has 0 N–H and O–H groups in total. The standard InChI is InChI=1S/C78H48N6/c1-3-15-63-59(11-1)45-69(67-19-7-5-17-65(63)67)75-47-73(53-29-21-51(22-30-53)57-37-39-71-61(43-57)13-9-41-79-71)81-77(83-75)55-33-25-49(26-34-55)50-27-35-56(36-28-50)78-82-74(54-31-23-52(24-32-54)58-38-40-72-62(44-58)14-10-42-80-72)48-76(84-78)70-46-60-12-2-4-16-64(60)66-18-6-8-20-68(66)70/h1-48H. The first-order chi connectivity index (χ1) is 41.6. The highest BCUT2D eigenvalue weighted by Gasteiger charge is 2.18. The SMILES string of the molecule is c1cnc2ccc(-c3ccc(-c4cc(-c5cc6ccccc6c6ccccc56)nc(-c5ccc(-c6ccc(-c7nc(-c8ccc(-c9ccc%10ncccc%10c9)cc8)cc(-c8cc9ccccc9c9ccccc89)n7)cc6)cc5)n4)cc3)cc2c1. The van der Waals surface area contributed by atoms with Crippen molar-refractivity contribution in [1.82, 2.24) is 29.9 Å². The van der Waals surface area contributed by atoms with Crippen molar-refractivity contribution in [3.05, 3.63) is 291 Å². The maximum absolute atomic E-state index is 5.38. The van der Waals surface area contributed by atoms with Crippen molar-refractivity contribution in [1.29, 1.82) is 0 Å². The van der Waals surface area contributed by atoms with Gasteiger partial charge >= 0.3 is 0 Å². The van der Waals surface area contributed by atoms with E-state index in [-0.39, 0.29) is 0 Å². The van der Waals surface area contributed by atoms with Gasteiger partial charge in [0.2, 0.25) is 0 Å². The highest BCUT2D eigenvalue weighted by Crippen LogP contribution is 2.40. The van der Waals surface area contributed by atoms with Crippen LogP contribution in [0, 0.1) is 0 Å². The summed E-state index contributed by atoms with van der Waals surface area (Å²) in [5.74, 6) is 1.31. The number of benzene rings is 12. The van der Waals surface area contributed by atoms with E-state index in [1.54, 1.807) is 0 Å². The first-order valence-corrected chi connectivity index (χ1v) is 28.3. The topological polar surface area (TPSA) is 77.3 Å². The second kappa shape index (κ2) is 20.3. The maximum Gasteiger partial charge on any atom is 0.160 e. The van der Waals surface area contributed by atoms with Gasteiger partial charge in [0.25, 0.3) is 0 Å². The number of hydrogen-bond donors (Lipinski definition) is 0. The second-order valence-corrected chi connectivity index (χ2v) is 21.4. The number of fused-ring (bicyclic) bond motifs is 8. The molecule has 0 aliphatic rings. The molecular formula is C78H48N6. The van der Waals surface area contributed by atoms with Crippen molar-refractivity contribution in [2.75, 3.05) is 0 Å². The summed E-state index contributed by atoms with van der Waals surface area (Å²) in [5.41, 5.74) is 18.0. The fourth-order valence-electron chi connectivity index (χ4n) is 12.1.